The minimum Gasteiger partial charge on any atom is -0.492 e. The van der Waals surface area contributed by atoms with Gasteiger partial charge in [-0.05, 0) is 57.2 Å². The highest BCUT2D eigenvalue weighted by molar-refractivity contribution is 5.78. The molecule has 30 heavy (non-hydrogen) atoms. The largest absolute Gasteiger partial charge is 0.492 e. The molecule has 0 aliphatic carbocycles. The van der Waals surface area contributed by atoms with Crippen molar-refractivity contribution < 1.29 is 24.1 Å². The van der Waals surface area contributed by atoms with Crippen molar-refractivity contribution in [2.75, 3.05) is 32.9 Å². The maximum atomic E-state index is 11.8. The number of benzene rings is 2. The Morgan fingerprint density at radius 2 is 1.53 bits per heavy atom. The Balaban J connectivity index is 1.56. The number of hydrogen-bond donors (Lipinski definition) is 3. The number of carbonyl (C=O) groups excluding carboxylic acids is 1. The maximum absolute atomic E-state index is 11.8. The highest BCUT2D eigenvalue weighted by Gasteiger charge is 2.13. The molecule has 7 nitrogen and oxygen atoms in total. The molecule has 0 saturated carbocycles. The number of nitrogens with one attached hydrogen (secondary N) is 2. The number of ether oxygens (including phenoxy) is 3. The van der Waals surface area contributed by atoms with Gasteiger partial charge in [0, 0.05) is 18.6 Å². The molecule has 0 heterocycles. The van der Waals surface area contributed by atoms with Gasteiger partial charge in [0.25, 0.3) is 5.91 Å². The van der Waals surface area contributed by atoms with E-state index >= 15 is 0 Å². The summed E-state index contributed by atoms with van der Waals surface area (Å²) < 4.78 is 16.6. The van der Waals surface area contributed by atoms with E-state index in [-0.39, 0.29) is 24.7 Å². The van der Waals surface area contributed by atoms with Gasteiger partial charge in [-0.3, -0.25) is 4.79 Å². The van der Waals surface area contributed by atoms with Crippen LogP contribution in [-0.2, 0) is 4.79 Å². The molecule has 1 unspecified atom stereocenters. The summed E-state index contributed by atoms with van der Waals surface area (Å²) >= 11 is 0. The number of para-hydroxylation sites is 1. The van der Waals surface area contributed by atoms with Crippen LogP contribution in [-0.4, -0.2) is 55.6 Å². The van der Waals surface area contributed by atoms with Gasteiger partial charge < -0.3 is 30.0 Å². The Hall–Kier alpha value is -2.77. The second-order valence-electron chi connectivity index (χ2n) is 7.89. The van der Waals surface area contributed by atoms with Crippen molar-refractivity contribution in [2.45, 2.75) is 32.4 Å². The van der Waals surface area contributed by atoms with E-state index in [0.29, 0.717) is 31.2 Å². The van der Waals surface area contributed by atoms with Gasteiger partial charge in [0.2, 0.25) is 0 Å². The highest BCUT2D eigenvalue weighted by atomic mass is 16.5. The minimum absolute atomic E-state index is 0.0301. The number of aliphatic hydroxyl groups is 1. The average molecular weight is 417 g/mol. The molecule has 0 fully saturated rings. The number of hydrogen-bond acceptors (Lipinski definition) is 6. The number of rotatable bonds is 12. The zero-order chi connectivity index (χ0) is 21.8. The first kappa shape index (κ1) is 23.5. The van der Waals surface area contributed by atoms with Crippen LogP contribution in [0.15, 0.2) is 54.6 Å². The van der Waals surface area contributed by atoms with E-state index in [0.717, 1.165) is 5.75 Å². The SMILES string of the molecule is CC(C)(C)NC(=O)COc1ccc(OCCNCC(O)COc2ccccc2)cc1. The van der Waals surface area contributed by atoms with Crippen molar-refractivity contribution in [3.05, 3.63) is 54.6 Å². The standard InChI is InChI=1S/C23H32N2O5/c1-23(2,3)25-22(27)17-30-21-11-9-20(10-12-21)28-14-13-24-15-18(26)16-29-19-7-5-4-6-8-19/h4-12,18,24,26H,13-17H2,1-3H3,(H,25,27). The Morgan fingerprint density at radius 3 is 2.17 bits per heavy atom. The van der Waals surface area contributed by atoms with Crippen LogP contribution in [0.3, 0.4) is 0 Å². The monoisotopic (exact) mass is 416 g/mol. The Labute approximate surface area is 178 Å². The van der Waals surface area contributed by atoms with E-state index in [2.05, 4.69) is 10.6 Å². The Kier molecular flexibility index (Phi) is 9.44. The summed E-state index contributed by atoms with van der Waals surface area (Å²) in [6, 6.07) is 16.5. The summed E-state index contributed by atoms with van der Waals surface area (Å²) in [4.78, 5) is 11.8. The Morgan fingerprint density at radius 1 is 0.933 bits per heavy atom. The third-order valence-electron chi connectivity index (χ3n) is 3.82. The van der Waals surface area contributed by atoms with Gasteiger partial charge in [0.15, 0.2) is 6.61 Å². The molecule has 3 N–H and O–H groups in total. The van der Waals surface area contributed by atoms with Crippen LogP contribution >= 0.6 is 0 Å². The van der Waals surface area contributed by atoms with Crippen molar-refractivity contribution in [1.82, 2.24) is 10.6 Å². The molecule has 0 bridgehead atoms. The van der Waals surface area contributed by atoms with E-state index in [9.17, 15) is 9.90 Å². The van der Waals surface area contributed by atoms with E-state index in [1.54, 1.807) is 24.3 Å². The van der Waals surface area contributed by atoms with Gasteiger partial charge in [-0.25, -0.2) is 0 Å². The second-order valence-corrected chi connectivity index (χ2v) is 7.89. The molecule has 1 amide bonds. The molecule has 1 atom stereocenters. The third kappa shape index (κ3) is 10.1. The van der Waals surface area contributed by atoms with E-state index in [1.807, 2.05) is 51.1 Å². The van der Waals surface area contributed by atoms with Gasteiger partial charge in [-0.2, -0.15) is 0 Å². The van der Waals surface area contributed by atoms with Crippen molar-refractivity contribution >= 4 is 5.91 Å². The first-order chi connectivity index (χ1) is 14.3. The van der Waals surface area contributed by atoms with Gasteiger partial charge in [-0.15, -0.1) is 0 Å². The van der Waals surface area contributed by atoms with Crippen LogP contribution < -0.4 is 24.8 Å². The third-order valence-corrected chi connectivity index (χ3v) is 3.82. The lowest BCUT2D eigenvalue weighted by molar-refractivity contribution is -0.124. The average Bonchev–Trinajstić information content (AvgIpc) is 2.71. The fourth-order valence-corrected chi connectivity index (χ4v) is 2.51. The fraction of sp³-hybridized carbons (Fsp3) is 0.435. The van der Waals surface area contributed by atoms with Crippen LogP contribution in [0, 0.1) is 0 Å². The molecule has 0 radical (unpaired) electrons. The van der Waals surface area contributed by atoms with Gasteiger partial charge in [0.1, 0.15) is 36.6 Å². The van der Waals surface area contributed by atoms with E-state index in [4.69, 9.17) is 14.2 Å². The lowest BCUT2D eigenvalue weighted by Crippen LogP contribution is -2.43. The zero-order valence-corrected chi connectivity index (χ0v) is 17.9. The van der Waals surface area contributed by atoms with Crippen LogP contribution in [0.1, 0.15) is 20.8 Å². The number of aliphatic hydroxyl groups excluding tert-OH is 1. The molecule has 2 aromatic carbocycles. The molecule has 0 aliphatic heterocycles. The molecule has 0 aromatic heterocycles. The lowest BCUT2D eigenvalue weighted by Gasteiger charge is -2.20. The van der Waals surface area contributed by atoms with Gasteiger partial charge >= 0.3 is 0 Å². The molecule has 7 heteroatoms. The summed E-state index contributed by atoms with van der Waals surface area (Å²) in [5.41, 5.74) is -0.281. The van der Waals surface area contributed by atoms with Gasteiger partial charge in [-0.1, -0.05) is 18.2 Å². The summed E-state index contributed by atoms with van der Waals surface area (Å²) in [6.45, 7) is 7.43. The summed E-state index contributed by atoms with van der Waals surface area (Å²) in [5.74, 6) is 1.88. The minimum atomic E-state index is -0.600. The molecular formula is C23H32N2O5. The normalized spacial score (nSPS) is 12.1. The van der Waals surface area contributed by atoms with Crippen LogP contribution in [0.4, 0.5) is 0 Å². The summed E-state index contributed by atoms with van der Waals surface area (Å²) in [7, 11) is 0. The summed E-state index contributed by atoms with van der Waals surface area (Å²) in [5, 5.41) is 15.9. The first-order valence-corrected chi connectivity index (χ1v) is 10.0. The van der Waals surface area contributed by atoms with Crippen molar-refractivity contribution in [3.63, 3.8) is 0 Å². The predicted octanol–water partition coefficient (Wildman–Crippen LogP) is 2.39. The second kappa shape index (κ2) is 12.0. The first-order valence-electron chi connectivity index (χ1n) is 10.0. The molecule has 0 spiro atoms. The molecule has 2 rings (SSSR count). The smallest absolute Gasteiger partial charge is 0.258 e. The highest BCUT2D eigenvalue weighted by Crippen LogP contribution is 2.17. The van der Waals surface area contributed by atoms with Crippen LogP contribution in [0.25, 0.3) is 0 Å². The lowest BCUT2D eigenvalue weighted by atomic mass is 10.1. The topological polar surface area (TPSA) is 89.1 Å². The van der Waals surface area contributed by atoms with Crippen molar-refractivity contribution in [3.8, 4) is 17.2 Å². The fourth-order valence-electron chi connectivity index (χ4n) is 2.51. The number of amides is 1. The quantitative estimate of drug-likeness (QED) is 0.461. The van der Waals surface area contributed by atoms with Crippen molar-refractivity contribution in [2.24, 2.45) is 0 Å². The predicted molar refractivity (Wildman–Crippen MR) is 116 cm³/mol. The molecular weight excluding hydrogens is 384 g/mol. The molecule has 164 valence electrons. The summed E-state index contributed by atoms with van der Waals surface area (Å²) in [6.07, 6.45) is -0.600. The van der Waals surface area contributed by atoms with E-state index in [1.165, 1.54) is 0 Å². The molecule has 2 aromatic rings. The van der Waals surface area contributed by atoms with E-state index < -0.39 is 6.10 Å². The molecule has 0 saturated heterocycles. The zero-order valence-electron chi connectivity index (χ0n) is 17.9. The Bertz CT molecular complexity index is 744. The number of carbonyl (C=O) groups is 1. The van der Waals surface area contributed by atoms with Crippen molar-refractivity contribution in [1.29, 1.82) is 0 Å². The molecule has 0 aliphatic rings. The van der Waals surface area contributed by atoms with Crippen LogP contribution in [0.5, 0.6) is 17.2 Å². The van der Waals surface area contributed by atoms with Gasteiger partial charge in [0.05, 0.1) is 0 Å². The maximum Gasteiger partial charge on any atom is 0.258 e. The van der Waals surface area contributed by atoms with Crippen LogP contribution in [0.2, 0.25) is 0 Å².